The average Bonchev–Trinajstić information content (AvgIpc) is 3.07. The number of nitrogens with two attached hydrogens (primary N) is 1. The van der Waals surface area contributed by atoms with Crippen LogP contribution < -0.4 is 15.9 Å². The molecule has 0 aliphatic heterocycles. The van der Waals surface area contributed by atoms with E-state index >= 15 is 0 Å². The van der Waals surface area contributed by atoms with Gasteiger partial charge < -0.3 is 10.5 Å². The maximum Gasteiger partial charge on any atom is 0.205 e. The van der Waals surface area contributed by atoms with Crippen LogP contribution in [0.3, 0.4) is 0 Å². The van der Waals surface area contributed by atoms with E-state index in [1.807, 2.05) is 36.4 Å². The third-order valence-corrected chi connectivity index (χ3v) is 4.03. The van der Waals surface area contributed by atoms with Crippen molar-refractivity contribution < 1.29 is 4.74 Å². The molecule has 0 atom stereocenters. The molecule has 0 bridgehead atoms. The smallest absolute Gasteiger partial charge is 0.205 e. The predicted molar refractivity (Wildman–Crippen MR) is 99.7 cm³/mol. The molecule has 0 saturated heterocycles. The molecule has 2 aromatic carbocycles. The second kappa shape index (κ2) is 7.95. The van der Waals surface area contributed by atoms with Crippen molar-refractivity contribution in [3.8, 4) is 11.8 Å². The van der Waals surface area contributed by atoms with Gasteiger partial charge >= 0.3 is 0 Å². The minimum absolute atomic E-state index is 0.451. The lowest BCUT2D eigenvalue weighted by molar-refractivity contribution is 0.306. The highest BCUT2D eigenvalue weighted by atomic mass is 32.1. The molecule has 0 fully saturated rings. The van der Waals surface area contributed by atoms with Crippen LogP contribution in [0.15, 0.2) is 59.0 Å². The van der Waals surface area contributed by atoms with Gasteiger partial charge in [-0.25, -0.2) is 4.98 Å². The molecule has 3 aromatic rings. The number of hydrogen-bond acceptors (Lipinski definition) is 7. The predicted octanol–water partition coefficient (Wildman–Crippen LogP) is 3.62. The number of thiazole rings is 1. The quantitative estimate of drug-likeness (QED) is 0.523. The molecule has 25 heavy (non-hydrogen) atoms. The number of aromatic nitrogens is 1. The molecule has 0 spiro atoms. The summed E-state index contributed by atoms with van der Waals surface area (Å²) < 4.78 is 5.73. The Bertz CT molecular complexity index is 894. The maximum absolute atomic E-state index is 8.78. The number of nitriles is 1. The summed E-state index contributed by atoms with van der Waals surface area (Å²) in [4.78, 5) is 4.05. The number of nitrogens with zero attached hydrogens (tertiary/aromatic N) is 3. The van der Waals surface area contributed by atoms with Crippen LogP contribution >= 0.6 is 11.3 Å². The van der Waals surface area contributed by atoms with Gasteiger partial charge in [-0.05, 0) is 47.5 Å². The first-order valence-electron chi connectivity index (χ1n) is 7.45. The molecule has 1 aromatic heterocycles. The summed E-state index contributed by atoms with van der Waals surface area (Å²) in [6.07, 6.45) is 1.70. The average molecular weight is 349 g/mol. The van der Waals surface area contributed by atoms with Crippen LogP contribution in [0.25, 0.3) is 0 Å². The number of anilines is 2. The van der Waals surface area contributed by atoms with E-state index in [1.165, 1.54) is 11.3 Å². The monoisotopic (exact) mass is 349 g/mol. The highest BCUT2D eigenvalue weighted by Gasteiger charge is 1.98. The Hall–Kier alpha value is -3.37. The van der Waals surface area contributed by atoms with E-state index in [0.717, 1.165) is 16.9 Å². The molecular weight excluding hydrogens is 334 g/mol. The molecule has 0 amide bonds. The molecule has 0 radical (unpaired) electrons. The van der Waals surface area contributed by atoms with Crippen molar-refractivity contribution in [3.63, 3.8) is 0 Å². The lowest BCUT2D eigenvalue weighted by Gasteiger charge is -2.06. The van der Waals surface area contributed by atoms with Crippen molar-refractivity contribution in [2.24, 2.45) is 5.10 Å². The van der Waals surface area contributed by atoms with Gasteiger partial charge in [0, 0.05) is 5.38 Å². The highest BCUT2D eigenvalue weighted by Crippen LogP contribution is 2.17. The fourth-order valence-corrected chi connectivity index (χ4v) is 2.54. The topological polar surface area (TPSA) is 96.3 Å². The molecule has 1 heterocycles. The summed E-state index contributed by atoms with van der Waals surface area (Å²) in [7, 11) is 0. The Labute approximate surface area is 149 Å². The summed E-state index contributed by atoms with van der Waals surface area (Å²) in [6, 6.07) is 17.0. The van der Waals surface area contributed by atoms with Gasteiger partial charge in [0.2, 0.25) is 5.13 Å². The van der Waals surface area contributed by atoms with Gasteiger partial charge in [0.15, 0.2) is 0 Å². The second-order valence-electron chi connectivity index (χ2n) is 5.11. The molecular formula is C18H15N5OS. The Kier molecular flexibility index (Phi) is 5.24. The van der Waals surface area contributed by atoms with Crippen molar-refractivity contribution in [2.75, 3.05) is 11.2 Å². The summed E-state index contributed by atoms with van der Waals surface area (Å²) >= 11 is 1.40. The summed E-state index contributed by atoms with van der Waals surface area (Å²) in [6.45, 7) is 0.451. The highest BCUT2D eigenvalue weighted by molar-refractivity contribution is 7.14. The SMILES string of the molecule is N#Cc1ccc(COc2ccc(C=NNc3nc(N)cs3)cc2)cc1. The molecule has 3 N–H and O–H groups in total. The summed E-state index contributed by atoms with van der Waals surface area (Å²) in [5.74, 6) is 1.24. The minimum atomic E-state index is 0.451. The van der Waals surface area contributed by atoms with E-state index in [0.29, 0.717) is 23.1 Å². The van der Waals surface area contributed by atoms with Gasteiger partial charge in [-0.2, -0.15) is 10.4 Å². The number of ether oxygens (including phenoxy) is 1. The van der Waals surface area contributed by atoms with Crippen LogP contribution in [0.5, 0.6) is 5.75 Å². The molecule has 0 unspecified atom stereocenters. The Morgan fingerprint density at radius 2 is 1.96 bits per heavy atom. The van der Waals surface area contributed by atoms with Crippen molar-refractivity contribution in [1.29, 1.82) is 5.26 Å². The van der Waals surface area contributed by atoms with Gasteiger partial charge in [-0.3, -0.25) is 5.43 Å². The first-order valence-corrected chi connectivity index (χ1v) is 8.33. The third-order valence-electron chi connectivity index (χ3n) is 3.26. The molecule has 7 heteroatoms. The van der Waals surface area contributed by atoms with Crippen molar-refractivity contribution in [1.82, 2.24) is 4.98 Å². The lowest BCUT2D eigenvalue weighted by atomic mass is 10.1. The van der Waals surface area contributed by atoms with Crippen LogP contribution in [0.1, 0.15) is 16.7 Å². The van der Waals surface area contributed by atoms with Gasteiger partial charge in [-0.1, -0.05) is 12.1 Å². The van der Waals surface area contributed by atoms with E-state index in [4.69, 9.17) is 15.7 Å². The first kappa shape index (κ1) is 16.5. The van der Waals surface area contributed by atoms with E-state index in [9.17, 15) is 0 Å². The lowest BCUT2D eigenvalue weighted by Crippen LogP contribution is -1.96. The van der Waals surface area contributed by atoms with Crippen LogP contribution in [0, 0.1) is 11.3 Å². The zero-order chi connectivity index (χ0) is 17.5. The zero-order valence-electron chi connectivity index (χ0n) is 13.2. The fraction of sp³-hybridized carbons (Fsp3) is 0.0556. The van der Waals surface area contributed by atoms with Crippen LogP contribution in [0.2, 0.25) is 0 Å². The molecule has 0 aliphatic rings. The number of nitrogens with one attached hydrogen (secondary N) is 1. The largest absolute Gasteiger partial charge is 0.489 e. The molecule has 3 rings (SSSR count). The first-order chi connectivity index (χ1) is 12.2. The summed E-state index contributed by atoms with van der Waals surface area (Å²) in [5, 5.41) is 15.3. The number of hydrogen-bond donors (Lipinski definition) is 2. The van der Waals surface area contributed by atoms with E-state index in [-0.39, 0.29) is 0 Å². The van der Waals surface area contributed by atoms with E-state index in [2.05, 4.69) is 21.6 Å². The van der Waals surface area contributed by atoms with E-state index < -0.39 is 0 Å². The second-order valence-corrected chi connectivity index (χ2v) is 5.97. The van der Waals surface area contributed by atoms with Gasteiger partial charge in [-0.15, -0.1) is 11.3 Å². The zero-order valence-corrected chi connectivity index (χ0v) is 14.0. The van der Waals surface area contributed by atoms with E-state index in [1.54, 1.807) is 23.7 Å². The fourth-order valence-electron chi connectivity index (χ4n) is 1.99. The molecule has 124 valence electrons. The number of hydrazone groups is 1. The minimum Gasteiger partial charge on any atom is -0.489 e. The maximum atomic E-state index is 8.78. The summed E-state index contributed by atoms with van der Waals surface area (Å²) in [5.41, 5.74) is 11.0. The van der Waals surface area contributed by atoms with Crippen LogP contribution in [-0.4, -0.2) is 11.2 Å². The normalized spacial score (nSPS) is 10.5. The van der Waals surface area contributed by atoms with Gasteiger partial charge in [0.05, 0.1) is 17.8 Å². The van der Waals surface area contributed by atoms with Gasteiger partial charge in [0.1, 0.15) is 18.2 Å². The Balaban J connectivity index is 1.52. The van der Waals surface area contributed by atoms with Crippen molar-refractivity contribution in [2.45, 2.75) is 6.61 Å². The van der Waals surface area contributed by atoms with Crippen molar-refractivity contribution >= 4 is 28.5 Å². The van der Waals surface area contributed by atoms with Crippen LogP contribution in [-0.2, 0) is 6.61 Å². The number of nitrogen functional groups attached to an aromatic ring is 1. The number of rotatable bonds is 6. The Morgan fingerprint density at radius 3 is 2.60 bits per heavy atom. The molecule has 0 saturated carbocycles. The number of benzene rings is 2. The third kappa shape index (κ3) is 4.80. The standard InChI is InChI=1S/C18H15N5OS/c19-9-13-1-3-15(4-2-13)11-24-16-7-5-14(6-8-16)10-21-23-18-22-17(20)12-25-18/h1-8,10,12H,11,20H2,(H,22,23). The Morgan fingerprint density at radius 1 is 1.20 bits per heavy atom. The van der Waals surface area contributed by atoms with Crippen molar-refractivity contribution in [3.05, 3.63) is 70.6 Å². The molecule has 6 nitrogen and oxygen atoms in total. The van der Waals surface area contributed by atoms with Gasteiger partial charge in [0.25, 0.3) is 0 Å². The van der Waals surface area contributed by atoms with Crippen LogP contribution in [0.4, 0.5) is 10.9 Å². The molecule has 0 aliphatic carbocycles.